The molecule has 0 radical (unpaired) electrons. The van der Waals surface area contributed by atoms with Crippen molar-refractivity contribution in [2.75, 3.05) is 20.3 Å². The van der Waals surface area contributed by atoms with Gasteiger partial charge in [-0.25, -0.2) is 9.67 Å². The van der Waals surface area contributed by atoms with Crippen molar-refractivity contribution in [3.63, 3.8) is 0 Å². The normalized spacial score (nSPS) is 13.3. The van der Waals surface area contributed by atoms with Crippen LogP contribution in [0.25, 0.3) is 0 Å². The highest BCUT2D eigenvalue weighted by molar-refractivity contribution is 4.82. The third kappa shape index (κ3) is 4.28. The molecule has 0 saturated carbocycles. The van der Waals surface area contributed by atoms with Gasteiger partial charge in [0, 0.05) is 7.11 Å². The first-order valence-corrected chi connectivity index (χ1v) is 5.73. The Labute approximate surface area is 97.2 Å². The van der Waals surface area contributed by atoms with Crippen molar-refractivity contribution in [3.8, 4) is 0 Å². The second-order valence-electron chi connectivity index (χ2n) is 4.47. The van der Waals surface area contributed by atoms with E-state index < -0.39 is 0 Å². The molecule has 1 N–H and O–H groups in total. The Hall–Kier alpha value is -0.940. The van der Waals surface area contributed by atoms with Gasteiger partial charge in [0.05, 0.1) is 19.2 Å². The molecule has 0 spiro atoms. The maximum atomic E-state index is 5.08. The second-order valence-corrected chi connectivity index (χ2v) is 4.47. The number of methoxy groups -OCH3 is 1. The molecule has 0 amide bonds. The monoisotopic (exact) mass is 226 g/mol. The molecular weight excluding hydrogens is 204 g/mol. The standard InChI is InChI=1S/C11H22N4O/c1-9(2)5-12-6-11-13-8-15(14-11)10(3)7-16-4/h8-10,12H,5-7H2,1-4H3. The quantitative estimate of drug-likeness (QED) is 0.760. The average Bonchev–Trinajstić information content (AvgIpc) is 2.66. The van der Waals surface area contributed by atoms with E-state index in [2.05, 4.69) is 36.2 Å². The molecule has 1 unspecified atom stereocenters. The number of hydrogen-bond acceptors (Lipinski definition) is 4. The van der Waals surface area contributed by atoms with Gasteiger partial charge in [0.25, 0.3) is 0 Å². The number of nitrogens with zero attached hydrogens (tertiary/aromatic N) is 3. The topological polar surface area (TPSA) is 52.0 Å². The lowest BCUT2D eigenvalue weighted by molar-refractivity contribution is 0.156. The van der Waals surface area contributed by atoms with Crippen molar-refractivity contribution >= 4 is 0 Å². The minimum absolute atomic E-state index is 0.233. The molecule has 0 aliphatic heterocycles. The number of hydrogen-bond donors (Lipinski definition) is 1. The molecule has 0 saturated heterocycles. The zero-order valence-electron chi connectivity index (χ0n) is 10.6. The molecule has 5 nitrogen and oxygen atoms in total. The molecule has 1 heterocycles. The Morgan fingerprint density at radius 1 is 1.44 bits per heavy atom. The van der Waals surface area contributed by atoms with E-state index in [9.17, 15) is 0 Å². The SMILES string of the molecule is COCC(C)n1cnc(CNCC(C)C)n1. The van der Waals surface area contributed by atoms with E-state index in [0.717, 1.165) is 18.9 Å². The molecule has 1 aromatic rings. The number of rotatable bonds is 7. The van der Waals surface area contributed by atoms with Crippen molar-refractivity contribution in [2.45, 2.75) is 33.4 Å². The van der Waals surface area contributed by atoms with Crippen molar-refractivity contribution in [1.29, 1.82) is 0 Å². The summed E-state index contributed by atoms with van der Waals surface area (Å²) in [5, 5.41) is 7.70. The predicted molar refractivity (Wildman–Crippen MR) is 63.2 cm³/mol. The van der Waals surface area contributed by atoms with Gasteiger partial charge in [0.15, 0.2) is 5.82 Å². The largest absolute Gasteiger partial charge is 0.382 e. The number of aromatic nitrogens is 3. The van der Waals surface area contributed by atoms with Gasteiger partial charge in [-0.15, -0.1) is 0 Å². The summed E-state index contributed by atoms with van der Waals surface area (Å²) in [5.74, 6) is 1.48. The van der Waals surface area contributed by atoms with Crippen LogP contribution < -0.4 is 5.32 Å². The molecule has 16 heavy (non-hydrogen) atoms. The third-order valence-electron chi connectivity index (χ3n) is 2.25. The lowest BCUT2D eigenvalue weighted by atomic mass is 10.2. The van der Waals surface area contributed by atoms with Crippen LogP contribution in [0, 0.1) is 5.92 Å². The molecule has 1 rings (SSSR count). The van der Waals surface area contributed by atoms with Crippen molar-refractivity contribution in [1.82, 2.24) is 20.1 Å². The van der Waals surface area contributed by atoms with Crippen LogP contribution in [0.3, 0.4) is 0 Å². The maximum absolute atomic E-state index is 5.08. The van der Waals surface area contributed by atoms with Gasteiger partial charge in [0.2, 0.25) is 0 Å². The summed E-state index contributed by atoms with van der Waals surface area (Å²) in [7, 11) is 1.69. The average molecular weight is 226 g/mol. The fraction of sp³-hybridized carbons (Fsp3) is 0.818. The van der Waals surface area contributed by atoms with Crippen molar-refractivity contribution in [3.05, 3.63) is 12.2 Å². The molecule has 92 valence electrons. The molecular formula is C11H22N4O. The first kappa shape index (κ1) is 13.1. The summed E-state index contributed by atoms with van der Waals surface area (Å²) in [4.78, 5) is 4.25. The van der Waals surface area contributed by atoms with E-state index in [1.54, 1.807) is 13.4 Å². The smallest absolute Gasteiger partial charge is 0.164 e. The van der Waals surface area contributed by atoms with Gasteiger partial charge >= 0.3 is 0 Å². The highest BCUT2D eigenvalue weighted by atomic mass is 16.5. The van der Waals surface area contributed by atoms with E-state index in [4.69, 9.17) is 4.74 Å². The Balaban J connectivity index is 2.39. The first-order chi connectivity index (χ1) is 7.63. The second kappa shape index (κ2) is 6.60. The molecule has 0 fully saturated rings. The summed E-state index contributed by atoms with van der Waals surface area (Å²) in [6, 6.07) is 0.233. The van der Waals surface area contributed by atoms with Crippen LogP contribution in [-0.4, -0.2) is 35.0 Å². The predicted octanol–water partition coefficient (Wildman–Crippen LogP) is 1.23. The summed E-state index contributed by atoms with van der Waals surface area (Å²) < 4.78 is 6.92. The fourth-order valence-corrected chi connectivity index (χ4v) is 1.39. The summed E-state index contributed by atoms with van der Waals surface area (Å²) in [6.07, 6.45) is 1.76. The molecule has 0 aromatic carbocycles. The number of ether oxygens (including phenoxy) is 1. The van der Waals surface area contributed by atoms with Crippen LogP contribution in [0.4, 0.5) is 0 Å². The summed E-state index contributed by atoms with van der Waals surface area (Å²) >= 11 is 0. The van der Waals surface area contributed by atoms with E-state index in [1.165, 1.54) is 0 Å². The third-order valence-corrected chi connectivity index (χ3v) is 2.25. The van der Waals surface area contributed by atoms with E-state index in [1.807, 2.05) is 4.68 Å². The van der Waals surface area contributed by atoms with Gasteiger partial charge in [-0.3, -0.25) is 0 Å². The zero-order chi connectivity index (χ0) is 12.0. The highest BCUT2D eigenvalue weighted by Gasteiger charge is 2.07. The molecule has 0 aliphatic rings. The summed E-state index contributed by atoms with van der Waals surface area (Å²) in [6.45, 7) is 8.79. The van der Waals surface area contributed by atoms with E-state index >= 15 is 0 Å². The summed E-state index contributed by atoms with van der Waals surface area (Å²) in [5.41, 5.74) is 0. The van der Waals surface area contributed by atoms with Gasteiger partial charge in [-0.05, 0) is 19.4 Å². The molecule has 5 heteroatoms. The molecule has 0 bridgehead atoms. The van der Waals surface area contributed by atoms with Crippen LogP contribution >= 0.6 is 0 Å². The van der Waals surface area contributed by atoms with Crippen LogP contribution in [-0.2, 0) is 11.3 Å². The Morgan fingerprint density at radius 2 is 2.19 bits per heavy atom. The van der Waals surface area contributed by atoms with Crippen LogP contribution in [0.5, 0.6) is 0 Å². The van der Waals surface area contributed by atoms with E-state index in [0.29, 0.717) is 12.5 Å². The minimum atomic E-state index is 0.233. The molecule has 0 aliphatic carbocycles. The number of nitrogens with one attached hydrogen (secondary N) is 1. The van der Waals surface area contributed by atoms with Gasteiger partial charge in [0.1, 0.15) is 6.33 Å². The van der Waals surface area contributed by atoms with Crippen LogP contribution in [0.2, 0.25) is 0 Å². The van der Waals surface area contributed by atoms with Crippen LogP contribution in [0.15, 0.2) is 6.33 Å². The lowest BCUT2D eigenvalue weighted by Crippen LogP contribution is -2.20. The van der Waals surface area contributed by atoms with Crippen molar-refractivity contribution in [2.24, 2.45) is 5.92 Å². The lowest BCUT2D eigenvalue weighted by Gasteiger charge is -2.09. The van der Waals surface area contributed by atoms with Gasteiger partial charge < -0.3 is 10.1 Å². The van der Waals surface area contributed by atoms with Crippen molar-refractivity contribution < 1.29 is 4.74 Å². The Bertz CT molecular complexity index is 298. The zero-order valence-corrected chi connectivity index (χ0v) is 10.6. The Morgan fingerprint density at radius 3 is 2.81 bits per heavy atom. The van der Waals surface area contributed by atoms with Crippen LogP contribution in [0.1, 0.15) is 32.6 Å². The fourth-order valence-electron chi connectivity index (χ4n) is 1.39. The Kier molecular flexibility index (Phi) is 5.42. The highest BCUT2D eigenvalue weighted by Crippen LogP contribution is 2.03. The van der Waals surface area contributed by atoms with E-state index in [-0.39, 0.29) is 6.04 Å². The molecule has 1 aromatic heterocycles. The molecule has 1 atom stereocenters. The van der Waals surface area contributed by atoms with Gasteiger partial charge in [-0.1, -0.05) is 13.8 Å². The first-order valence-electron chi connectivity index (χ1n) is 5.73. The van der Waals surface area contributed by atoms with Gasteiger partial charge in [-0.2, -0.15) is 5.10 Å². The maximum Gasteiger partial charge on any atom is 0.164 e. The minimum Gasteiger partial charge on any atom is -0.382 e.